The largest absolute Gasteiger partial charge is 0.417 e. The second-order valence-electron chi connectivity index (χ2n) is 24.9. The second kappa shape index (κ2) is 22.2. The van der Waals surface area contributed by atoms with E-state index in [0.29, 0.717) is 28.1 Å². The van der Waals surface area contributed by atoms with Crippen LogP contribution in [0, 0.1) is 89.4 Å². The van der Waals surface area contributed by atoms with Crippen LogP contribution in [0.25, 0.3) is 132 Å². The van der Waals surface area contributed by atoms with E-state index < -0.39 is 11.7 Å². The number of hydrogen-bond acceptors (Lipinski definition) is 3. The smallest absolute Gasteiger partial charge is 0.309 e. The summed E-state index contributed by atoms with van der Waals surface area (Å²) < 4.78 is 55.3. The molecule has 94 heavy (non-hydrogen) atoms. The summed E-state index contributed by atoms with van der Waals surface area (Å²) >= 11 is 0. The first kappa shape index (κ1) is 58.5. The number of rotatable bonds is 6. The average Bonchev–Trinajstić information content (AvgIpc) is 1.52. The lowest BCUT2D eigenvalue weighted by Gasteiger charge is -2.22. The lowest BCUT2D eigenvalue weighted by molar-refractivity contribution is -0.137. The van der Waals surface area contributed by atoms with Gasteiger partial charge >= 0.3 is 6.18 Å². The van der Waals surface area contributed by atoms with Gasteiger partial charge in [0.15, 0.2) is 0 Å². The molecule has 0 spiro atoms. The van der Waals surface area contributed by atoms with Crippen LogP contribution < -0.4 is 0 Å². The predicted molar refractivity (Wildman–Crippen MR) is 378 cm³/mol. The van der Waals surface area contributed by atoms with Gasteiger partial charge in [-0.15, -0.1) is 0 Å². The molecular weight excluding hydrogens is 1160 g/mol. The number of fused-ring (bicyclic) bond motifs is 12. The van der Waals surface area contributed by atoms with E-state index in [1.807, 2.05) is 140 Å². The lowest BCUT2D eigenvalue weighted by Crippen LogP contribution is -2.12. The molecular formula is C84H60F3N7. The fourth-order valence-corrected chi connectivity index (χ4v) is 15.1. The Balaban J connectivity index is 0.000000155. The van der Waals surface area contributed by atoms with Gasteiger partial charge in [-0.1, -0.05) is 121 Å². The van der Waals surface area contributed by atoms with Gasteiger partial charge in [0.25, 0.3) is 0 Å². The highest BCUT2D eigenvalue weighted by molar-refractivity contribution is 6.16. The van der Waals surface area contributed by atoms with Gasteiger partial charge in [0.1, 0.15) is 0 Å². The van der Waals surface area contributed by atoms with Crippen molar-refractivity contribution in [3.63, 3.8) is 0 Å². The van der Waals surface area contributed by atoms with Crippen molar-refractivity contribution in [1.29, 1.82) is 15.8 Å². The van der Waals surface area contributed by atoms with Crippen LogP contribution in [0.5, 0.6) is 0 Å². The van der Waals surface area contributed by atoms with Crippen LogP contribution in [0.3, 0.4) is 0 Å². The minimum Gasteiger partial charge on any atom is -0.309 e. The fraction of sp³-hybridized carbons (Fsp3) is 0.107. The molecule has 0 N–H and O–H groups in total. The van der Waals surface area contributed by atoms with Gasteiger partial charge in [-0.2, -0.15) is 29.0 Å². The van der Waals surface area contributed by atoms with E-state index in [2.05, 4.69) is 134 Å². The Bertz CT molecular complexity index is 5820. The van der Waals surface area contributed by atoms with Gasteiger partial charge in [0, 0.05) is 65.6 Å². The van der Waals surface area contributed by atoms with Crippen molar-refractivity contribution in [2.75, 3.05) is 0 Å². The Morgan fingerprint density at radius 1 is 0.287 bits per heavy atom. The van der Waals surface area contributed by atoms with E-state index >= 15 is 13.2 Å². The quantitative estimate of drug-likeness (QED) is 0.166. The van der Waals surface area contributed by atoms with Crippen LogP contribution in [0.15, 0.2) is 218 Å². The normalized spacial score (nSPS) is 11.7. The molecule has 0 saturated carbocycles. The van der Waals surface area contributed by atoms with Crippen molar-refractivity contribution in [3.8, 4) is 63.2 Å². The van der Waals surface area contributed by atoms with E-state index in [-0.39, 0.29) is 11.1 Å². The molecule has 0 fully saturated rings. The Morgan fingerprint density at radius 2 is 0.553 bits per heavy atom. The highest BCUT2D eigenvalue weighted by atomic mass is 19.4. The maximum atomic E-state index is 15.6. The molecule has 0 unspecified atom stereocenters. The highest BCUT2D eigenvalue weighted by Gasteiger charge is 2.37. The third kappa shape index (κ3) is 8.99. The third-order valence-corrected chi connectivity index (χ3v) is 19.1. The maximum absolute atomic E-state index is 15.6. The average molecular weight is 1220 g/mol. The summed E-state index contributed by atoms with van der Waals surface area (Å²) in [5.41, 5.74) is 21.9. The van der Waals surface area contributed by atoms with Gasteiger partial charge in [0.2, 0.25) is 0 Å². The molecule has 0 aliphatic rings. The summed E-state index contributed by atoms with van der Waals surface area (Å²) in [6.45, 7) is 16.8. The first-order chi connectivity index (χ1) is 45.5. The molecule has 16 rings (SSSR count). The van der Waals surface area contributed by atoms with E-state index in [0.717, 1.165) is 110 Å². The molecule has 10 heteroatoms. The van der Waals surface area contributed by atoms with Gasteiger partial charge < -0.3 is 18.3 Å². The molecule has 0 saturated heterocycles. The fourth-order valence-electron chi connectivity index (χ4n) is 15.1. The Kier molecular flexibility index (Phi) is 13.8. The molecule has 0 radical (unpaired) electrons. The summed E-state index contributed by atoms with van der Waals surface area (Å²) in [6, 6.07) is 78.0. The second-order valence-corrected chi connectivity index (χ2v) is 24.9. The van der Waals surface area contributed by atoms with Crippen LogP contribution >= 0.6 is 0 Å². The van der Waals surface area contributed by atoms with E-state index in [4.69, 9.17) is 0 Å². The Morgan fingerprint density at radius 3 is 0.840 bits per heavy atom. The first-order valence-electron chi connectivity index (χ1n) is 31.3. The zero-order valence-corrected chi connectivity index (χ0v) is 53.0. The molecule has 16 aromatic rings. The van der Waals surface area contributed by atoms with Crippen LogP contribution in [-0.4, -0.2) is 18.3 Å². The number of aryl methyl sites for hydroxylation is 8. The van der Waals surface area contributed by atoms with Gasteiger partial charge in [-0.05, 0) is 208 Å². The lowest BCUT2D eigenvalue weighted by atomic mass is 9.94. The topological polar surface area (TPSA) is 91.1 Å². The third-order valence-electron chi connectivity index (χ3n) is 19.1. The van der Waals surface area contributed by atoms with E-state index in [9.17, 15) is 15.8 Å². The summed E-state index contributed by atoms with van der Waals surface area (Å²) in [6.07, 6.45) is -4.71. The summed E-state index contributed by atoms with van der Waals surface area (Å²) in [5.74, 6) is 0. The van der Waals surface area contributed by atoms with Crippen LogP contribution in [0.2, 0.25) is 0 Å². The molecule has 0 bridgehead atoms. The van der Waals surface area contributed by atoms with Crippen molar-refractivity contribution in [1.82, 2.24) is 18.3 Å². The molecule has 0 aliphatic carbocycles. The standard InChI is InChI=1S/C42H30F3N3.C42H30N4/c1-24-10-5-16-32-37(24)38-25(2)11-6-17-33(38)47(32)30-21-31(42(43,44)45)41(29-15-9-14-28(20-29)23-46)36(22-30)48-34-18-7-12-26(3)39(34)40-27(4)13-8-19-35(40)48;1-25-10-5-16-33-38(25)39-26(2)11-6-17-34(39)45(33)32-21-31(24-44)42(30-15-9-14-29(20-30)23-43)37(22-32)46-35-18-7-12-27(3)40(35)41-28(4)13-8-19-36(41)46/h5-22H,1-4H3;5-22H,1-4H3. The monoisotopic (exact) mass is 1220 g/mol. The summed E-state index contributed by atoms with van der Waals surface area (Å²) in [4.78, 5) is 0. The number of nitrogens with zero attached hydrogens (tertiary/aromatic N) is 7. The number of halogens is 3. The van der Waals surface area contributed by atoms with Gasteiger partial charge in [-0.3, -0.25) is 0 Å². The maximum Gasteiger partial charge on any atom is 0.417 e. The van der Waals surface area contributed by atoms with Crippen molar-refractivity contribution >= 4 is 87.2 Å². The Labute approximate surface area is 541 Å². The molecule has 7 nitrogen and oxygen atoms in total. The number of hydrogen-bond donors (Lipinski definition) is 0. The SMILES string of the molecule is Cc1cccc2c1c1c(C)cccc1n2-c1cc(-n2c3cccc(C)c3c3c(C)cccc32)c(-c2cccc(C#N)c2)c(C(F)(F)F)c1.Cc1cccc2c1c1c(C)cccc1n2-c1cc(C#N)c(-c2cccc(C#N)c2)c(-n2c3cccc(C)c3c3c(C)cccc32)c1. The zero-order valence-electron chi connectivity index (χ0n) is 53.0. The van der Waals surface area contributed by atoms with E-state index in [1.54, 1.807) is 30.3 Å². The van der Waals surface area contributed by atoms with E-state index in [1.165, 1.54) is 49.9 Å². The minimum atomic E-state index is -4.71. The van der Waals surface area contributed by atoms with Crippen LogP contribution in [0.4, 0.5) is 13.2 Å². The van der Waals surface area contributed by atoms with Crippen LogP contribution in [0.1, 0.15) is 66.8 Å². The van der Waals surface area contributed by atoms with Crippen molar-refractivity contribution in [3.05, 3.63) is 285 Å². The van der Waals surface area contributed by atoms with Gasteiger partial charge in [0.05, 0.1) is 96.0 Å². The van der Waals surface area contributed by atoms with Crippen molar-refractivity contribution in [2.24, 2.45) is 0 Å². The molecule has 4 aromatic heterocycles. The number of nitriles is 3. The molecule has 12 aromatic carbocycles. The van der Waals surface area contributed by atoms with Gasteiger partial charge in [-0.25, -0.2) is 0 Å². The molecule has 452 valence electrons. The molecule has 4 heterocycles. The summed E-state index contributed by atoms with van der Waals surface area (Å²) in [7, 11) is 0. The highest BCUT2D eigenvalue weighted by Crippen LogP contribution is 2.48. The molecule has 0 amide bonds. The molecule has 0 aliphatic heterocycles. The predicted octanol–water partition coefficient (Wildman–Crippen LogP) is 22.2. The molecule has 0 atom stereocenters. The van der Waals surface area contributed by atoms with Crippen molar-refractivity contribution < 1.29 is 13.2 Å². The van der Waals surface area contributed by atoms with Crippen LogP contribution in [-0.2, 0) is 6.18 Å². The van der Waals surface area contributed by atoms with Crippen molar-refractivity contribution in [2.45, 2.75) is 61.6 Å². The first-order valence-corrected chi connectivity index (χ1v) is 31.3. The number of benzene rings is 12. The number of alkyl halides is 3. The minimum absolute atomic E-state index is 0.0262. The number of aromatic nitrogens is 4. The Hall–Kier alpha value is -11.9. The summed E-state index contributed by atoms with van der Waals surface area (Å²) in [5, 5.41) is 39.4. The zero-order chi connectivity index (χ0) is 65.2.